The summed E-state index contributed by atoms with van der Waals surface area (Å²) in [5.41, 5.74) is -0.997. The van der Waals surface area contributed by atoms with Gasteiger partial charge in [0.05, 0.1) is 18.0 Å². The average molecular weight is 483 g/mol. The molecule has 5 rings (SSSR count). The lowest BCUT2D eigenvalue weighted by Crippen LogP contribution is -2.63. The molecule has 1 aromatic heterocycles. The molecule has 4 saturated carbocycles. The zero-order valence-corrected chi connectivity index (χ0v) is 19.8. The van der Waals surface area contributed by atoms with E-state index in [4.69, 9.17) is 13.2 Å². The smallest absolute Gasteiger partial charge is 0.397 e. The van der Waals surface area contributed by atoms with Gasteiger partial charge in [-0.05, 0) is 98.5 Å². The van der Waals surface area contributed by atoms with Crippen LogP contribution in [0.15, 0.2) is 27.6 Å². The van der Waals surface area contributed by atoms with Gasteiger partial charge in [-0.15, -0.1) is 0 Å². The van der Waals surface area contributed by atoms with Crippen molar-refractivity contribution in [2.75, 3.05) is 6.61 Å². The first-order valence-electron chi connectivity index (χ1n) is 12.1. The van der Waals surface area contributed by atoms with Crippen LogP contribution in [0.5, 0.6) is 0 Å². The Morgan fingerprint density at radius 2 is 1.88 bits per heavy atom. The minimum absolute atomic E-state index is 0.0114. The SMILES string of the molecule is C[C@]12CCC3C(CCC4C[C@@H](OS(=O)(=O)O)CC[C@@]43CO)[C@@]1(O)CC[C@@H]2c1ccc(=O)oc1. The number of aliphatic hydroxyl groups excluding tert-OH is 1. The van der Waals surface area contributed by atoms with E-state index in [0.29, 0.717) is 25.7 Å². The van der Waals surface area contributed by atoms with Crippen molar-refractivity contribution >= 4 is 10.4 Å². The fourth-order valence-corrected chi connectivity index (χ4v) is 9.17. The molecule has 0 saturated heterocycles. The van der Waals surface area contributed by atoms with Crippen molar-refractivity contribution in [2.24, 2.45) is 28.6 Å². The molecule has 8 nitrogen and oxygen atoms in total. The molecule has 184 valence electrons. The summed E-state index contributed by atoms with van der Waals surface area (Å²) in [6.45, 7) is 2.18. The van der Waals surface area contributed by atoms with E-state index >= 15 is 0 Å². The first-order valence-corrected chi connectivity index (χ1v) is 13.5. The van der Waals surface area contributed by atoms with E-state index in [1.165, 1.54) is 6.07 Å². The van der Waals surface area contributed by atoms with Gasteiger partial charge in [0, 0.05) is 18.1 Å². The van der Waals surface area contributed by atoms with Gasteiger partial charge in [0.1, 0.15) is 0 Å². The topological polar surface area (TPSA) is 134 Å². The minimum Gasteiger partial charge on any atom is -0.431 e. The molecule has 0 radical (unpaired) electrons. The number of aliphatic hydroxyl groups is 2. The van der Waals surface area contributed by atoms with Crippen LogP contribution in [0.1, 0.15) is 76.2 Å². The standard InChI is InChI=1S/C24H34O8S/c1-22-9-7-19-20(24(22,27)11-8-18(22)15-2-5-21(26)31-13-15)4-3-16-12-17(32-33(28,29)30)6-10-23(16,19)14-25/h2,5,13,16-20,25,27H,3-4,6-12,14H2,1H3,(H,28,29,30)/t16?,17-,18+,19?,20?,22+,23+,24-/m0/s1. The van der Waals surface area contributed by atoms with Crippen molar-refractivity contribution in [3.05, 3.63) is 34.4 Å². The van der Waals surface area contributed by atoms with Gasteiger partial charge >= 0.3 is 16.0 Å². The van der Waals surface area contributed by atoms with E-state index in [1.807, 2.05) is 6.07 Å². The van der Waals surface area contributed by atoms with Gasteiger partial charge in [-0.1, -0.05) is 6.92 Å². The summed E-state index contributed by atoms with van der Waals surface area (Å²) in [5.74, 6) is 0.408. The monoisotopic (exact) mass is 482 g/mol. The molecule has 3 N–H and O–H groups in total. The maximum atomic E-state index is 12.2. The third kappa shape index (κ3) is 3.54. The molecule has 9 heteroatoms. The van der Waals surface area contributed by atoms with E-state index in [2.05, 4.69) is 6.92 Å². The Morgan fingerprint density at radius 1 is 1.09 bits per heavy atom. The molecule has 4 fully saturated rings. The van der Waals surface area contributed by atoms with Crippen LogP contribution in [0.4, 0.5) is 0 Å². The van der Waals surface area contributed by atoms with Crippen LogP contribution in [-0.2, 0) is 14.6 Å². The summed E-state index contributed by atoms with van der Waals surface area (Å²) in [5, 5.41) is 22.9. The first-order chi connectivity index (χ1) is 15.5. The maximum absolute atomic E-state index is 12.2. The molecule has 4 aliphatic carbocycles. The Hall–Kier alpha value is -1.26. The predicted octanol–water partition coefficient (Wildman–Crippen LogP) is 3.04. The molecule has 3 unspecified atom stereocenters. The third-order valence-electron chi connectivity index (χ3n) is 10.2. The molecule has 0 aromatic carbocycles. The van der Waals surface area contributed by atoms with Gasteiger partial charge in [0.2, 0.25) is 0 Å². The summed E-state index contributed by atoms with van der Waals surface area (Å²) in [4.78, 5) is 11.5. The quantitative estimate of drug-likeness (QED) is 0.558. The highest BCUT2D eigenvalue weighted by Gasteiger charge is 2.68. The van der Waals surface area contributed by atoms with E-state index in [-0.39, 0.29) is 46.7 Å². The highest BCUT2D eigenvalue weighted by atomic mass is 32.3. The third-order valence-corrected chi connectivity index (χ3v) is 10.7. The van der Waals surface area contributed by atoms with Gasteiger partial charge in [-0.3, -0.25) is 4.55 Å². The molecule has 4 aliphatic rings. The zero-order chi connectivity index (χ0) is 23.6. The largest absolute Gasteiger partial charge is 0.431 e. The molecular formula is C24H34O8S. The van der Waals surface area contributed by atoms with Crippen LogP contribution in [0.3, 0.4) is 0 Å². The lowest BCUT2D eigenvalue weighted by atomic mass is 9.43. The predicted molar refractivity (Wildman–Crippen MR) is 119 cm³/mol. The van der Waals surface area contributed by atoms with E-state index in [1.54, 1.807) is 6.26 Å². The Labute approximate surface area is 194 Å². The Balaban J connectivity index is 1.43. The molecule has 0 bridgehead atoms. The molecule has 0 amide bonds. The highest BCUT2D eigenvalue weighted by molar-refractivity contribution is 7.80. The molecule has 8 atom stereocenters. The van der Waals surface area contributed by atoms with Crippen molar-refractivity contribution < 1.29 is 31.8 Å². The van der Waals surface area contributed by atoms with Crippen LogP contribution in [0, 0.1) is 28.6 Å². The molecule has 33 heavy (non-hydrogen) atoms. The average Bonchev–Trinajstić information content (AvgIpc) is 3.04. The summed E-state index contributed by atoms with van der Waals surface area (Å²) >= 11 is 0. The van der Waals surface area contributed by atoms with Crippen molar-refractivity contribution in [3.63, 3.8) is 0 Å². The summed E-state index contributed by atoms with van der Waals surface area (Å²) in [6.07, 6.45) is 7.35. The lowest BCUT2D eigenvalue weighted by Gasteiger charge is -2.64. The highest BCUT2D eigenvalue weighted by Crippen LogP contribution is 2.70. The fraction of sp³-hybridized carbons (Fsp3) is 0.792. The van der Waals surface area contributed by atoms with Gasteiger partial charge in [0.15, 0.2) is 0 Å². The van der Waals surface area contributed by atoms with Gasteiger partial charge in [-0.25, -0.2) is 8.98 Å². The molecule has 0 aliphatic heterocycles. The van der Waals surface area contributed by atoms with E-state index in [0.717, 1.165) is 37.7 Å². The maximum Gasteiger partial charge on any atom is 0.397 e. The van der Waals surface area contributed by atoms with Crippen LogP contribution in [-0.4, -0.2) is 41.5 Å². The van der Waals surface area contributed by atoms with Crippen LogP contribution in [0.2, 0.25) is 0 Å². The van der Waals surface area contributed by atoms with E-state index in [9.17, 15) is 23.4 Å². The van der Waals surface area contributed by atoms with Crippen molar-refractivity contribution in [1.29, 1.82) is 0 Å². The fourth-order valence-electron chi connectivity index (χ4n) is 8.65. The minimum atomic E-state index is -4.51. The second-order valence-corrected chi connectivity index (χ2v) is 12.2. The molecule has 1 heterocycles. The number of hydrogen-bond acceptors (Lipinski definition) is 7. The Bertz CT molecular complexity index is 1050. The number of fused-ring (bicyclic) bond motifs is 5. The Kier molecular flexibility index (Phi) is 5.61. The number of rotatable bonds is 4. The first kappa shape index (κ1) is 23.5. The van der Waals surface area contributed by atoms with E-state index < -0.39 is 22.1 Å². The summed E-state index contributed by atoms with van der Waals surface area (Å²) in [7, 11) is -4.51. The van der Waals surface area contributed by atoms with Gasteiger partial charge in [-0.2, -0.15) is 8.42 Å². The number of hydrogen-bond donors (Lipinski definition) is 3. The van der Waals surface area contributed by atoms with Gasteiger partial charge < -0.3 is 14.6 Å². The van der Waals surface area contributed by atoms with Crippen molar-refractivity contribution in [1.82, 2.24) is 0 Å². The zero-order valence-electron chi connectivity index (χ0n) is 19.0. The second-order valence-electron chi connectivity index (χ2n) is 11.2. The molecular weight excluding hydrogens is 448 g/mol. The van der Waals surface area contributed by atoms with Crippen molar-refractivity contribution in [2.45, 2.75) is 82.3 Å². The van der Waals surface area contributed by atoms with Crippen molar-refractivity contribution in [3.8, 4) is 0 Å². The normalized spacial score (nSPS) is 45.2. The Morgan fingerprint density at radius 3 is 2.55 bits per heavy atom. The summed E-state index contributed by atoms with van der Waals surface area (Å²) < 4.78 is 41.6. The van der Waals surface area contributed by atoms with Crippen LogP contribution < -0.4 is 5.63 Å². The second kappa shape index (κ2) is 7.88. The van der Waals surface area contributed by atoms with Crippen LogP contribution in [0.25, 0.3) is 0 Å². The molecule has 0 spiro atoms. The lowest BCUT2D eigenvalue weighted by molar-refractivity contribution is -0.216. The van der Waals surface area contributed by atoms with Gasteiger partial charge in [0.25, 0.3) is 0 Å². The molecule has 1 aromatic rings. The van der Waals surface area contributed by atoms with Crippen LogP contribution >= 0.6 is 0 Å². The summed E-state index contributed by atoms with van der Waals surface area (Å²) in [6, 6.07) is 3.27.